The van der Waals surface area contributed by atoms with Gasteiger partial charge < -0.3 is 9.73 Å². The third kappa shape index (κ3) is 2.96. The zero-order valence-electron chi connectivity index (χ0n) is 11.1. The van der Waals surface area contributed by atoms with Gasteiger partial charge in [-0.15, -0.1) is 10.2 Å². The number of carbonyl (C=O) groups is 1. The van der Waals surface area contributed by atoms with Crippen molar-refractivity contribution in [2.75, 3.05) is 5.32 Å². The summed E-state index contributed by atoms with van der Waals surface area (Å²) in [5.74, 6) is -1.35. The molecule has 0 radical (unpaired) electrons. The van der Waals surface area contributed by atoms with Crippen molar-refractivity contribution in [2.45, 2.75) is 0 Å². The van der Waals surface area contributed by atoms with Crippen molar-refractivity contribution in [2.24, 2.45) is 0 Å². The lowest BCUT2D eigenvalue weighted by molar-refractivity contribution is 0.0990. The fraction of sp³-hybridized carbons (Fsp3) is 0. The van der Waals surface area contributed by atoms with Crippen LogP contribution in [-0.2, 0) is 0 Å². The van der Waals surface area contributed by atoms with E-state index in [1.165, 1.54) is 18.2 Å². The van der Waals surface area contributed by atoms with Gasteiger partial charge in [-0.3, -0.25) is 4.79 Å². The Morgan fingerprint density at radius 2 is 1.95 bits per heavy atom. The van der Waals surface area contributed by atoms with E-state index in [4.69, 9.17) is 16.0 Å². The van der Waals surface area contributed by atoms with Crippen molar-refractivity contribution in [3.05, 3.63) is 65.3 Å². The number of rotatable bonds is 3. The average Bonchev–Trinajstić information content (AvgIpc) is 2.99. The van der Waals surface area contributed by atoms with Gasteiger partial charge in [0, 0.05) is 10.6 Å². The lowest BCUT2D eigenvalue weighted by atomic mass is 10.2. The lowest BCUT2D eigenvalue weighted by Crippen LogP contribution is -2.13. The minimum atomic E-state index is -0.689. The number of carbonyl (C=O) groups excluding carboxylic acids is 1. The van der Waals surface area contributed by atoms with Gasteiger partial charge >= 0.3 is 11.8 Å². The second-order valence-electron chi connectivity index (χ2n) is 4.36. The Bertz CT molecular complexity index is 835. The topological polar surface area (TPSA) is 68.0 Å². The summed E-state index contributed by atoms with van der Waals surface area (Å²) >= 11 is 5.88. The van der Waals surface area contributed by atoms with E-state index >= 15 is 0 Å². The molecule has 0 fully saturated rings. The first-order chi connectivity index (χ1) is 10.6. The number of anilines is 1. The summed E-state index contributed by atoms with van der Waals surface area (Å²) in [5, 5.41) is 10.3. The molecule has 0 saturated heterocycles. The highest BCUT2D eigenvalue weighted by atomic mass is 35.5. The smallest absolute Gasteiger partial charge is 0.313 e. The number of hydrogen-bond acceptors (Lipinski definition) is 4. The third-order valence-corrected chi connectivity index (χ3v) is 3.05. The van der Waals surface area contributed by atoms with Gasteiger partial charge in [-0.2, -0.15) is 0 Å². The van der Waals surface area contributed by atoms with Gasteiger partial charge in [0.2, 0.25) is 5.89 Å². The molecule has 110 valence electrons. The van der Waals surface area contributed by atoms with Crippen molar-refractivity contribution in [3.63, 3.8) is 0 Å². The maximum Gasteiger partial charge on any atom is 0.313 e. The van der Waals surface area contributed by atoms with Crippen LogP contribution in [0, 0.1) is 5.82 Å². The lowest BCUT2D eigenvalue weighted by Gasteiger charge is -2.02. The van der Waals surface area contributed by atoms with Crippen LogP contribution in [0.25, 0.3) is 11.5 Å². The summed E-state index contributed by atoms with van der Waals surface area (Å²) in [5.41, 5.74) is 0.625. The van der Waals surface area contributed by atoms with Crippen molar-refractivity contribution in [3.8, 4) is 11.5 Å². The molecule has 0 aliphatic carbocycles. The Kier molecular flexibility index (Phi) is 3.84. The summed E-state index contributed by atoms with van der Waals surface area (Å²) in [7, 11) is 0. The van der Waals surface area contributed by atoms with E-state index < -0.39 is 11.7 Å². The Morgan fingerprint density at radius 1 is 1.14 bits per heavy atom. The first-order valence-electron chi connectivity index (χ1n) is 6.29. The van der Waals surface area contributed by atoms with E-state index in [0.717, 1.165) is 0 Å². The highest BCUT2D eigenvalue weighted by molar-refractivity contribution is 6.30. The van der Waals surface area contributed by atoms with Gasteiger partial charge in [0.25, 0.3) is 0 Å². The van der Waals surface area contributed by atoms with Crippen LogP contribution in [0.3, 0.4) is 0 Å². The van der Waals surface area contributed by atoms with Gasteiger partial charge in [0.15, 0.2) is 0 Å². The molecule has 2 aromatic carbocycles. The molecule has 1 amide bonds. The highest BCUT2D eigenvalue weighted by Crippen LogP contribution is 2.22. The van der Waals surface area contributed by atoms with Crippen LogP contribution < -0.4 is 5.32 Å². The number of nitrogens with one attached hydrogen (secondary N) is 1. The van der Waals surface area contributed by atoms with Crippen LogP contribution >= 0.6 is 11.6 Å². The molecule has 1 aromatic heterocycles. The molecule has 1 N–H and O–H groups in total. The maximum atomic E-state index is 13.5. The normalized spacial score (nSPS) is 10.5. The van der Waals surface area contributed by atoms with E-state index in [-0.39, 0.29) is 17.5 Å². The predicted molar refractivity (Wildman–Crippen MR) is 79.1 cm³/mol. The van der Waals surface area contributed by atoms with E-state index in [2.05, 4.69) is 15.5 Å². The second kappa shape index (κ2) is 5.95. The number of halogens is 2. The van der Waals surface area contributed by atoms with Crippen LogP contribution in [0.1, 0.15) is 10.7 Å². The zero-order valence-corrected chi connectivity index (χ0v) is 11.8. The molecule has 0 spiro atoms. The summed E-state index contributed by atoms with van der Waals surface area (Å²) in [6.45, 7) is 0. The minimum Gasteiger partial charge on any atom is -0.412 e. The fourth-order valence-electron chi connectivity index (χ4n) is 1.79. The Labute approximate surface area is 129 Å². The number of aromatic nitrogens is 2. The molecule has 1 heterocycles. The van der Waals surface area contributed by atoms with Crippen LogP contribution in [0.2, 0.25) is 5.02 Å². The molecule has 3 aromatic rings. The Hall–Kier alpha value is -2.73. The fourth-order valence-corrected chi connectivity index (χ4v) is 1.98. The van der Waals surface area contributed by atoms with Crippen molar-refractivity contribution in [1.82, 2.24) is 10.2 Å². The quantitative estimate of drug-likeness (QED) is 0.798. The van der Waals surface area contributed by atoms with E-state index in [1.54, 1.807) is 30.3 Å². The standard InChI is InChI=1S/C15H9ClFN3O2/c16-10-5-3-4-9(8-10)14-19-20-15(22-14)13(21)18-12-7-2-1-6-11(12)17/h1-8H,(H,18,21). The highest BCUT2D eigenvalue weighted by Gasteiger charge is 2.17. The largest absolute Gasteiger partial charge is 0.412 e. The molecular formula is C15H9ClFN3O2. The number of amides is 1. The van der Waals surface area contributed by atoms with E-state index in [0.29, 0.717) is 10.6 Å². The van der Waals surface area contributed by atoms with Crippen molar-refractivity contribution in [1.29, 1.82) is 0 Å². The van der Waals surface area contributed by atoms with Gasteiger partial charge in [0.1, 0.15) is 5.82 Å². The molecule has 7 heteroatoms. The summed E-state index contributed by atoms with van der Waals surface area (Å²) < 4.78 is 18.8. The van der Waals surface area contributed by atoms with Crippen LogP contribution in [0.4, 0.5) is 10.1 Å². The first-order valence-corrected chi connectivity index (χ1v) is 6.66. The van der Waals surface area contributed by atoms with Crippen molar-refractivity contribution >= 4 is 23.2 Å². The van der Waals surface area contributed by atoms with Crippen LogP contribution in [0.15, 0.2) is 52.9 Å². The number of hydrogen-bond donors (Lipinski definition) is 1. The Morgan fingerprint density at radius 3 is 2.73 bits per heavy atom. The molecule has 0 saturated carbocycles. The maximum absolute atomic E-state index is 13.5. The number of para-hydroxylation sites is 1. The minimum absolute atomic E-state index is 0.0370. The van der Waals surface area contributed by atoms with Gasteiger partial charge in [-0.25, -0.2) is 4.39 Å². The Balaban J connectivity index is 1.82. The molecule has 0 bridgehead atoms. The zero-order chi connectivity index (χ0) is 15.5. The van der Waals surface area contributed by atoms with E-state index in [9.17, 15) is 9.18 Å². The molecule has 0 aliphatic rings. The third-order valence-electron chi connectivity index (χ3n) is 2.81. The van der Waals surface area contributed by atoms with Gasteiger partial charge in [0.05, 0.1) is 5.69 Å². The second-order valence-corrected chi connectivity index (χ2v) is 4.79. The summed E-state index contributed by atoms with van der Waals surface area (Å²) in [6.07, 6.45) is 0. The van der Waals surface area contributed by atoms with E-state index in [1.807, 2.05) is 0 Å². The molecule has 0 atom stereocenters. The van der Waals surface area contributed by atoms with Gasteiger partial charge in [-0.05, 0) is 30.3 Å². The summed E-state index contributed by atoms with van der Waals surface area (Å²) in [6, 6.07) is 12.6. The number of nitrogens with zero attached hydrogens (tertiary/aromatic N) is 2. The molecule has 5 nitrogen and oxygen atoms in total. The first kappa shape index (κ1) is 14.2. The van der Waals surface area contributed by atoms with Gasteiger partial charge in [-0.1, -0.05) is 29.8 Å². The number of benzene rings is 2. The molecule has 3 rings (SSSR count). The summed E-state index contributed by atoms with van der Waals surface area (Å²) in [4.78, 5) is 12.0. The monoisotopic (exact) mass is 317 g/mol. The predicted octanol–water partition coefficient (Wildman–Crippen LogP) is 3.78. The van der Waals surface area contributed by atoms with Crippen molar-refractivity contribution < 1.29 is 13.6 Å². The molecule has 0 unspecified atom stereocenters. The van der Waals surface area contributed by atoms with Crippen LogP contribution in [0.5, 0.6) is 0 Å². The SMILES string of the molecule is O=C(Nc1ccccc1F)c1nnc(-c2cccc(Cl)c2)o1. The molecular weight excluding hydrogens is 309 g/mol. The molecule has 0 aliphatic heterocycles. The van der Waals surface area contributed by atoms with Crippen LogP contribution in [-0.4, -0.2) is 16.1 Å². The molecule has 22 heavy (non-hydrogen) atoms. The average molecular weight is 318 g/mol.